The van der Waals surface area contributed by atoms with Gasteiger partial charge in [-0.1, -0.05) is 25.5 Å². The SMILES string of the molecule is CN=C(NCCC1=CCOCC1)NC1C2CCOC2C1(C)C.I. The quantitative estimate of drug-likeness (QED) is 0.308. The van der Waals surface area contributed by atoms with Gasteiger partial charge in [0.2, 0.25) is 0 Å². The van der Waals surface area contributed by atoms with Gasteiger partial charge in [-0.15, -0.1) is 24.0 Å². The third-order valence-corrected chi connectivity index (χ3v) is 5.41. The molecule has 0 amide bonds. The Kier molecular flexibility index (Phi) is 6.74. The van der Waals surface area contributed by atoms with Crippen LogP contribution in [0.2, 0.25) is 0 Å². The number of hydrogen-bond acceptors (Lipinski definition) is 3. The van der Waals surface area contributed by atoms with E-state index in [0.29, 0.717) is 18.1 Å². The van der Waals surface area contributed by atoms with Crippen molar-refractivity contribution in [3.63, 3.8) is 0 Å². The predicted octanol–water partition coefficient (Wildman–Crippen LogP) is 2.32. The summed E-state index contributed by atoms with van der Waals surface area (Å²) >= 11 is 0. The van der Waals surface area contributed by atoms with Crippen molar-refractivity contribution in [2.24, 2.45) is 16.3 Å². The third kappa shape index (κ3) is 4.02. The molecule has 3 aliphatic rings. The zero-order chi connectivity index (χ0) is 15.6. The predicted molar refractivity (Wildman–Crippen MR) is 103 cm³/mol. The van der Waals surface area contributed by atoms with Gasteiger partial charge in [0, 0.05) is 37.6 Å². The molecule has 5 nitrogen and oxygen atoms in total. The van der Waals surface area contributed by atoms with Crippen LogP contribution in [0.25, 0.3) is 0 Å². The maximum atomic E-state index is 5.85. The molecule has 0 spiro atoms. The second-order valence-electron chi connectivity index (χ2n) is 7.12. The Bertz CT molecular complexity index is 465. The van der Waals surface area contributed by atoms with Crippen molar-refractivity contribution in [2.75, 3.05) is 33.4 Å². The standard InChI is InChI=1S/C17H29N3O2.HI/c1-17(2)14(13-7-11-22-15(13)17)20-16(18-3)19-8-4-12-5-9-21-10-6-12;/h5,13-15H,4,6-11H2,1-3H3,(H2,18,19,20);1H. The number of nitrogens with zero attached hydrogens (tertiary/aromatic N) is 1. The Balaban J connectivity index is 0.00000192. The molecule has 1 saturated heterocycles. The van der Waals surface area contributed by atoms with Crippen molar-refractivity contribution in [1.29, 1.82) is 0 Å². The summed E-state index contributed by atoms with van der Waals surface area (Å²) in [6.07, 6.45) is 5.90. The van der Waals surface area contributed by atoms with Crippen LogP contribution in [-0.4, -0.2) is 51.5 Å². The van der Waals surface area contributed by atoms with E-state index in [2.05, 4.69) is 35.5 Å². The third-order valence-electron chi connectivity index (χ3n) is 5.41. The van der Waals surface area contributed by atoms with Crippen molar-refractivity contribution >= 4 is 29.9 Å². The first-order valence-corrected chi connectivity index (χ1v) is 8.47. The molecule has 3 rings (SSSR count). The minimum Gasteiger partial charge on any atom is -0.377 e. The lowest BCUT2D eigenvalue weighted by atomic mass is 9.57. The molecule has 2 aliphatic heterocycles. The Morgan fingerprint density at radius 1 is 1.39 bits per heavy atom. The van der Waals surface area contributed by atoms with Crippen molar-refractivity contribution in [3.05, 3.63) is 11.6 Å². The summed E-state index contributed by atoms with van der Waals surface area (Å²) in [6, 6.07) is 0.452. The number of rotatable bonds is 4. The molecule has 1 aliphatic carbocycles. The van der Waals surface area contributed by atoms with Crippen LogP contribution >= 0.6 is 24.0 Å². The van der Waals surface area contributed by atoms with Crippen LogP contribution < -0.4 is 10.6 Å². The number of aliphatic imine (C=N–C) groups is 1. The van der Waals surface area contributed by atoms with E-state index in [9.17, 15) is 0 Å². The van der Waals surface area contributed by atoms with E-state index in [1.807, 2.05) is 7.05 Å². The molecular weight excluding hydrogens is 405 g/mol. The summed E-state index contributed by atoms with van der Waals surface area (Å²) in [6.45, 7) is 8.02. The maximum Gasteiger partial charge on any atom is 0.191 e. The monoisotopic (exact) mass is 435 g/mol. The molecule has 23 heavy (non-hydrogen) atoms. The lowest BCUT2D eigenvalue weighted by Gasteiger charge is -2.54. The van der Waals surface area contributed by atoms with Crippen molar-refractivity contribution < 1.29 is 9.47 Å². The van der Waals surface area contributed by atoms with Gasteiger partial charge in [-0.2, -0.15) is 0 Å². The van der Waals surface area contributed by atoms with Crippen molar-refractivity contribution in [1.82, 2.24) is 10.6 Å². The zero-order valence-electron chi connectivity index (χ0n) is 14.4. The summed E-state index contributed by atoms with van der Waals surface area (Å²) in [4.78, 5) is 4.38. The van der Waals surface area contributed by atoms with Gasteiger partial charge in [-0.3, -0.25) is 4.99 Å². The molecule has 132 valence electrons. The number of ether oxygens (including phenoxy) is 2. The van der Waals surface area contributed by atoms with Gasteiger partial charge in [-0.05, 0) is 19.3 Å². The van der Waals surface area contributed by atoms with Crippen LogP contribution in [0.1, 0.15) is 33.1 Å². The highest BCUT2D eigenvalue weighted by Crippen LogP contribution is 2.52. The van der Waals surface area contributed by atoms with Gasteiger partial charge in [0.15, 0.2) is 5.96 Å². The van der Waals surface area contributed by atoms with E-state index >= 15 is 0 Å². The highest BCUT2D eigenvalue weighted by Gasteiger charge is 2.59. The van der Waals surface area contributed by atoms with Crippen molar-refractivity contribution in [3.8, 4) is 0 Å². The molecule has 3 unspecified atom stereocenters. The van der Waals surface area contributed by atoms with E-state index in [1.54, 1.807) is 0 Å². The summed E-state index contributed by atoms with van der Waals surface area (Å²) in [5.74, 6) is 1.54. The molecule has 3 atom stereocenters. The minimum atomic E-state index is 0. The number of nitrogens with one attached hydrogen (secondary N) is 2. The smallest absolute Gasteiger partial charge is 0.191 e. The maximum absolute atomic E-state index is 5.85. The van der Waals surface area contributed by atoms with Crippen LogP contribution in [-0.2, 0) is 9.47 Å². The molecular formula is C17H30IN3O2. The Labute approximate surface area is 156 Å². The highest BCUT2D eigenvalue weighted by atomic mass is 127. The number of hydrogen-bond donors (Lipinski definition) is 2. The van der Waals surface area contributed by atoms with Crippen LogP contribution in [0.15, 0.2) is 16.6 Å². The van der Waals surface area contributed by atoms with E-state index in [4.69, 9.17) is 9.47 Å². The second-order valence-corrected chi connectivity index (χ2v) is 7.12. The largest absolute Gasteiger partial charge is 0.377 e. The van der Waals surface area contributed by atoms with Crippen LogP contribution in [0.3, 0.4) is 0 Å². The fraction of sp³-hybridized carbons (Fsp3) is 0.824. The van der Waals surface area contributed by atoms with Gasteiger partial charge in [0.1, 0.15) is 0 Å². The molecule has 0 bridgehead atoms. The van der Waals surface area contributed by atoms with E-state index < -0.39 is 0 Å². The van der Waals surface area contributed by atoms with E-state index in [-0.39, 0.29) is 29.4 Å². The topological polar surface area (TPSA) is 54.9 Å². The first-order chi connectivity index (χ1) is 10.6. The first kappa shape index (κ1) is 19.0. The number of halogens is 1. The first-order valence-electron chi connectivity index (χ1n) is 8.47. The zero-order valence-corrected chi connectivity index (χ0v) is 16.8. The van der Waals surface area contributed by atoms with Crippen molar-refractivity contribution in [2.45, 2.75) is 45.3 Å². The van der Waals surface area contributed by atoms with Crippen LogP contribution in [0, 0.1) is 11.3 Å². The van der Waals surface area contributed by atoms with Gasteiger partial charge >= 0.3 is 0 Å². The highest BCUT2D eigenvalue weighted by molar-refractivity contribution is 14.0. The number of guanidine groups is 1. The van der Waals surface area contributed by atoms with Crippen LogP contribution in [0.5, 0.6) is 0 Å². The lowest BCUT2D eigenvalue weighted by molar-refractivity contribution is -0.106. The van der Waals surface area contributed by atoms with E-state index in [0.717, 1.165) is 51.6 Å². The Hall–Kier alpha value is -0.340. The minimum absolute atomic E-state index is 0. The number of fused-ring (bicyclic) bond motifs is 1. The Morgan fingerprint density at radius 2 is 2.22 bits per heavy atom. The lowest BCUT2D eigenvalue weighted by Crippen LogP contribution is -2.67. The summed E-state index contributed by atoms with van der Waals surface area (Å²) in [5, 5.41) is 7.07. The average Bonchev–Trinajstić information content (AvgIpc) is 2.98. The molecule has 0 aromatic rings. The molecule has 2 N–H and O–H groups in total. The normalized spacial score (nSPS) is 32.2. The summed E-state index contributed by atoms with van der Waals surface area (Å²) < 4.78 is 11.2. The summed E-state index contributed by atoms with van der Waals surface area (Å²) in [5.41, 5.74) is 1.67. The molecule has 2 fully saturated rings. The molecule has 6 heteroatoms. The van der Waals surface area contributed by atoms with Crippen LogP contribution in [0.4, 0.5) is 0 Å². The Morgan fingerprint density at radius 3 is 2.91 bits per heavy atom. The van der Waals surface area contributed by atoms with Gasteiger partial charge in [0.05, 0.1) is 19.3 Å². The fourth-order valence-corrected chi connectivity index (χ4v) is 4.09. The molecule has 2 heterocycles. The molecule has 0 aromatic carbocycles. The molecule has 0 radical (unpaired) electrons. The van der Waals surface area contributed by atoms with E-state index in [1.165, 1.54) is 5.57 Å². The molecule has 0 aromatic heterocycles. The average molecular weight is 435 g/mol. The van der Waals surface area contributed by atoms with Gasteiger partial charge in [-0.25, -0.2) is 0 Å². The second kappa shape index (κ2) is 8.16. The summed E-state index contributed by atoms with van der Waals surface area (Å²) in [7, 11) is 1.84. The fourth-order valence-electron chi connectivity index (χ4n) is 4.09. The van der Waals surface area contributed by atoms with Gasteiger partial charge < -0.3 is 20.1 Å². The molecule has 1 saturated carbocycles. The van der Waals surface area contributed by atoms with Gasteiger partial charge in [0.25, 0.3) is 0 Å².